The van der Waals surface area contributed by atoms with Gasteiger partial charge in [0.1, 0.15) is 5.82 Å². The fraction of sp³-hybridized carbons (Fsp3) is 0.133. The van der Waals surface area contributed by atoms with Crippen LogP contribution in [-0.4, -0.2) is 16.0 Å². The average Bonchev–Trinajstić information content (AvgIpc) is 3.06. The zero-order valence-corrected chi connectivity index (χ0v) is 12.2. The molecule has 1 aromatic heterocycles. The van der Waals surface area contributed by atoms with E-state index in [0.717, 1.165) is 17.0 Å². The number of hydrogen-bond acceptors (Lipinski definition) is 4. The number of benzene rings is 1. The molecule has 0 spiro atoms. The van der Waals surface area contributed by atoms with Gasteiger partial charge in [0.25, 0.3) is 5.91 Å². The molecule has 0 atom stereocenters. The van der Waals surface area contributed by atoms with Crippen molar-refractivity contribution in [3.05, 3.63) is 59.6 Å². The third kappa shape index (κ3) is 2.47. The van der Waals surface area contributed by atoms with Gasteiger partial charge in [-0.15, -0.1) is 0 Å². The molecular weight excluding hydrogens is 330 g/mol. The first-order chi connectivity index (χ1) is 11.2. The molecule has 2 aromatic rings. The minimum Gasteiger partial charge on any atom is -0.329 e. The molecule has 0 aliphatic carbocycles. The minimum atomic E-state index is -4.81. The van der Waals surface area contributed by atoms with E-state index in [9.17, 15) is 22.4 Å². The molecule has 3 rings (SSSR count). The number of amides is 1. The van der Waals surface area contributed by atoms with Gasteiger partial charge in [0.15, 0.2) is 0 Å². The van der Waals surface area contributed by atoms with E-state index in [1.807, 2.05) is 0 Å². The molecule has 0 saturated heterocycles. The van der Waals surface area contributed by atoms with Crippen LogP contribution in [0, 0.1) is 5.82 Å². The van der Waals surface area contributed by atoms with Gasteiger partial charge in [-0.3, -0.25) is 9.69 Å². The Morgan fingerprint density at radius 1 is 1.21 bits per heavy atom. The van der Waals surface area contributed by atoms with Crippen LogP contribution in [0.4, 0.5) is 23.2 Å². The molecule has 5 nitrogen and oxygen atoms in total. The highest BCUT2D eigenvalue weighted by atomic mass is 19.4. The maximum absolute atomic E-state index is 13.0. The first-order valence-corrected chi connectivity index (χ1v) is 6.61. The number of allylic oxidation sites excluding steroid dienone is 1. The van der Waals surface area contributed by atoms with Crippen molar-refractivity contribution >= 4 is 17.2 Å². The van der Waals surface area contributed by atoms with Gasteiger partial charge in [0.05, 0.1) is 5.57 Å². The third-order valence-electron chi connectivity index (χ3n) is 3.47. The average molecular weight is 339 g/mol. The number of rotatable bonds is 2. The van der Waals surface area contributed by atoms with Crippen LogP contribution in [0.25, 0.3) is 5.57 Å². The molecule has 1 aliphatic heterocycles. The van der Waals surface area contributed by atoms with Crippen LogP contribution in [0.2, 0.25) is 0 Å². The van der Waals surface area contributed by atoms with Gasteiger partial charge >= 0.3 is 12.1 Å². The Kier molecular flexibility index (Phi) is 3.51. The molecule has 0 N–H and O–H groups in total. The van der Waals surface area contributed by atoms with Crippen molar-refractivity contribution in [3.63, 3.8) is 0 Å². The summed E-state index contributed by atoms with van der Waals surface area (Å²) in [4.78, 5) is 17.0. The lowest BCUT2D eigenvalue weighted by Gasteiger charge is -2.18. The Morgan fingerprint density at radius 2 is 1.83 bits per heavy atom. The summed E-state index contributed by atoms with van der Waals surface area (Å²) in [6, 6.07) is 5.01. The predicted octanol–water partition coefficient (Wildman–Crippen LogP) is 3.56. The second-order valence-electron chi connectivity index (χ2n) is 4.98. The van der Waals surface area contributed by atoms with Crippen molar-refractivity contribution in [3.8, 4) is 0 Å². The lowest BCUT2D eigenvalue weighted by molar-refractivity contribution is -0.159. The third-order valence-corrected chi connectivity index (χ3v) is 3.47. The van der Waals surface area contributed by atoms with Crippen molar-refractivity contribution in [2.24, 2.45) is 0 Å². The maximum atomic E-state index is 13.0. The summed E-state index contributed by atoms with van der Waals surface area (Å²) in [5.41, 5.74) is 0.711. The molecule has 1 aliphatic rings. The second kappa shape index (κ2) is 5.29. The van der Waals surface area contributed by atoms with Crippen LogP contribution >= 0.6 is 0 Å². The van der Waals surface area contributed by atoms with Crippen LogP contribution in [0.1, 0.15) is 18.6 Å². The molecule has 0 unspecified atom stereocenters. The highest BCUT2D eigenvalue weighted by Gasteiger charge is 2.41. The van der Waals surface area contributed by atoms with E-state index in [0.29, 0.717) is 11.3 Å². The Bertz CT molecular complexity index is 866. The molecule has 9 heteroatoms. The van der Waals surface area contributed by atoms with Crippen molar-refractivity contribution in [1.82, 2.24) is 10.1 Å². The largest absolute Gasteiger partial charge is 0.471 e. The normalized spacial score (nSPS) is 15.6. The van der Waals surface area contributed by atoms with Crippen molar-refractivity contribution in [2.45, 2.75) is 13.1 Å². The number of carbonyl (C=O) groups is 1. The lowest BCUT2D eigenvalue weighted by Crippen LogP contribution is -2.24. The summed E-state index contributed by atoms with van der Waals surface area (Å²) in [6.07, 6.45) is -4.81. The lowest BCUT2D eigenvalue weighted by atomic mass is 10.1. The molecule has 0 bridgehead atoms. The smallest absolute Gasteiger partial charge is 0.329 e. The van der Waals surface area contributed by atoms with Gasteiger partial charge in [-0.25, -0.2) is 4.39 Å². The molecule has 2 heterocycles. The van der Waals surface area contributed by atoms with E-state index >= 15 is 0 Å². The molecule has 24 heavy (non-hydrogen) atoms. The Morgan fingerprint density at radius 3 is 2.38 bits per heavy atom. The zero-order chi connectivity index (χ0) is 17.6. The number of carbonyl (C=O) groups excluding carboxylic acids is 1. The maximum Gasteiger partial charge on any atom is 0.471 e. The van der Waals surface area contributed by atoms with Crippen LogP contribution in [0.5, 0.6) is 0 Å². The van der Waals surface area contributed by atoms with Crippen molar-refractivity contribution in [2.75, 3.05) is 4.90 Å². The van der Waals surface area contributed by atoms with Gasteiger partial charge < -0.3 is 4.52 Å². The van der Waals surface area contributed by atoms with Crippen LogP contribution in [0.3, 0.4) is 0 Å². The molecule has 1 amide bonds. The first-order valence-electron chi connectivity index (χ1n) is 6.61. The van der Waals surface area contributed by atoms with E-state index in [1.165, 1.54) is 19.1 Å². The number of aromatic nitrogens is 2. The van der Waals surface area contributed by atoms with Crippen molar-refractivity contribution < 1.29 is 26.9 Å². The summed E-state index contributed by atoms with van der Waals surface area (Å²) in [5, 5.41) is 3.23. The summed E-state index contributed by atoms with van der Waals surface area (Å²) >= 11 is 0. The van der Waals surface area contributed by atoms with Crippen LogP contribution < -0.4 is 4.90 Å². The van der Waals surface area contributed by atoms with Crippen LogP contribution in [-0.2, 0) is 11.0 Å². The number of hydrogen-bond donors (Lipinski definition) is 0. The molecule has 124 valence electrons. The Balaban J connectivity index is 2.01. The van der Waals surface area contributed by atoms with E-state index in [1.54, 1.807) is 0 Å². The number of nitrogens with zero attached hydrogens (tertiary/aromatic N) is 3. The van der Waals surface area contributed by atoms with E-state index in [-0.39, 0.29) is 11.3 Å². The number of alkyl halides is 3. The van der Waals surface area contributed by atoms with Gasteiger partial charge in [-0.1, -0.05) is 11.7 Å². The quantitative estimate of drug-likeness (QED) is 0.785. The van der Waals surface area contributed by atoms with E-state index in [2.05, 4.69) is 21.2 Å². The second-order valence-corrected chi connectivity index (χ2v) is 4.98. The highest BCUT2D eigenvalue weighted by Crippen LogP contribution is 2.37. The van der Waals surface area contributed by atoms with Gasteiger partial charge in [0.2, 0.25) is 5.82 Å². The summed E-state index contributed by atoms with van der Waals surface area (Å²) in [6.45, 7) is 5.24. The fourth-order valence-electron chi connectivity index (χ4n) is 2.27. The first kappa shape index (κ1) is 15.9. The summed E-state index contributed by atoms with van der Waals surface area (Å²) in [7, 11) is 0. The SMILES string of the molecule is C=C1C(C)=C(c2noc(C(F)(F)F)n2)C(=O)N1c1ccc(F)cc1. The molecule has 1 aromatic carbocycles. The standard InChI is InChI=1S/C15H9F4N3O2/c1-7-8(2)22(10-5-3-9(16)4-6-10)13(23)11(7)12-20-14(24-21-12)15(17,18)19/h3-6H,2H2,1H3. The molecular formula is C15H9F4N3O2. The van der Waals surface area contributed by atoms with Gasteiger partial charge in [-0.05, 0) is 36.8 Å². The van der Waals surface area contributed by atoms with Crippen LogP contribution in [0.15, 0.2) is 46.6 Å². The topological polar surface area (TPSA) is 59.2 Å². The van der Waals surface area contributed by atoms with Gasteiger partial charge in [0, 0.05) is 11.4 Å². The molecule has 0 saturated carbocycles. The summed E-state index contributed by atoms with van der Waals surface area (Å²) in [5.74, 6) is -3.18. The minimum absolute atomic E-state index is 0.149. The van der Waals surface area contributed by atoms with Crippen molar-refractivity contribution in [1.29, 1.82) is 0 Å². The monoisotopic (exact) mass is 339 g/mol. The van der Waals surface area contributed by atoms with E-state index < -0.39 is 29.6 Å². The predicted molar refractivity (Wildman–Crippen MR) is 74.9 cm³/mol. The number of halogens is 4. The highest BCUT2D eigenvalue weighted by molar-refractivity contribution is 6.31. The summed E-state index contributed by atoms with van der Waals surface area (Å²) < 4.78 is 54.9. The Labute approximate surface area is 132 Å². The van der Waals surface area contributed by atoms with E-state index in [4.69, 9.17) is 0 Å². The fourth-order valence-corrected chi connectivity index (χ4v) is 2.27. The number of anilines is 1. The molecule has 0 radical (unpaired) electrons. The van der Waals surface area contributed by atoms with Gasteiger partial charge in [-0.2, -0.15) is 18.2 Å². The Hall–Kier alpha value is -2.97. The molecule has 0 fully saturated rings. The zero-order valence-electron chi connectivity index (χ0n) is 12.2.